The third-order valence-corrected chi connectivity index (χ3v) is 5.37. The molecule has 2 nitrogen and oxygen atoms in total. The molecule has 1 aliphatic heterocycles. The molecule has 0 amide bonds. The molecule has 1 heterocycles. The molecule has 2 rings (SSSR count). The summed E-state index contributed by atoms with van der Waals surface area (Å²) in [5, 5.41) is 3.76. The van der Waals surface area contributed by atoms with Crippen LogP contribution in [0, 0.1) is 11.8 Å². The first-order valence-corrected chi connectivity index (χ1v) is 9.97. The molecule has 1 aliphatic carbocycles. The van der Waals surface area contributed by atoms with Gasteiger partial charge in [-0.2, -0.15) is 0 Å². The van der Waals surface area contributed by atoms with Crippen molar-refractivity contribution in [1.82, 2.24) is 5.32 Å². The molecule has 0 bridgehead atoms. The van der Waals surface area contributed by atoms with E-state index in [9.17, 15) is 0 Å². The van der Waals surface area contributed by atoms with Gasteiger partial charge in [0.05, 0.1) is 5.70 Å². The predicted octanol–water partition coefficient (Wildman–Crippen LogP) is 5.78. The number of hydrogen-bond donors (Lipinski definition) is 1. The number of ether oxygens (including phenoxy) is 1. The molecule has 2 heteroatoms. The van der Waals surface area contributed by atoms with E-state index in [1.54, 1.807) is 0 Å². The van der Waals surface area contributed by atoms with E-state index in [1.165, 1.54) is 88.5 Å². The van der Waals surface area contributed by atoms with E-state index >= 15 is 0 Å². The fourth-order valence-electron chi connectivity index (χ4n) is 4.15. The minimum Gasteiger partial charge on any atom is -0.494 e. The van der Waals surface area contributed by atoms with Crippen LogP contribution in [0.25, 0.3) is 0 Å². The Morgan fingerprint density at radius 1 is 0.909 bits per heavy atom. The summed E-state index contributed by atoms with van der Waals surface area (Å²) >= 11 is 0. The molecule has 0 saturated carbocycles. The van der Waals surface area contributed by atoms with E-state index in [2.05, 4.69) is 19.2 Å². The third-order valence-electron chi connectivity index (χ3n) is 5.37. The highest BCUT2D eigenvalue weighted by molar-refractivity contribution is 5.16. The van der Waals surface area contributed by atoms with Crippen LogP contribution in [0.4, 0.5) is 0 Å². The molecule has 0 aromatic heterocycles. The number of unbranched alkanes of at least 4 members (excludes halogenated alkanes) is 1. The normalized spacial score (nSPS) is 27.4. The van der Waals surface area contributed by atoms with E-state index in [-0.39, 0.29) is 0 Å². The maximum Gasteiger partial charge on any atom is 0.118 e. The quantitative estimate of drug-likeness (QED) is 0.694. The van der Waals surface area contributed by atoms with Crippen molar-refractivity contribution in [3.05, 3.63) is 11.5 Å². The van der Waals surface area contributed by atoms with Gasteiger partial charge in [-0.25, -0.2) is 0 Å². The Labute approximate surface area is 138 Å². The Balaban J connectivity index is 2.21. The summed E-state index contributed by atoms with van der Waals surface area (Å²) < 4.78 is 6.25. The molecule has 22 heavy (non-hydrogen) atoms. The lowest BCUT2D eigenvalue weighted by molar-refractivity contribution is 0.140. The molecule has 0 fully saturated rings. The first-order valence-electron chi connectivity index (χ1n) is 9.97. The second kappa shape index (κ2) is 10.2. The number of hydrogen-bond acceptors (Lipinski definition) is 2. The summed E-state index contributed by atoms with van der Waals surface area (Å²) in [5.74, 6) is 2.74. The van der Waals surface area contributed by atoms with Crippen molar-refractivity contribution in [2.24, 2.45) is 11.8 Å². The van der Waals surface area contributed by atoms with Crippen LogP contribution in [-0.4, -0.2) is 13.2 Å². The Bertz CT molecular complexity index is 337. The Morgan fingerprint density at radius 2 is 1.64 bits per heavy atom. The van der Waals surface area contributed by atoms with Crippen LogP contribution in [0.15, 0.2) is 11.5 Å². The molecular weight excluding hydrogens is 270 g/mol. The van der Waals surface area contributed by atoms with E-state index in [0.29, 0.717) is 11.8 Å². The molecular formula is C20H37NO. The lowest BCUT2D eigenvalue weighted by Crippen LogP contribution is -2.33. The first kappa shape index (κ1) is 17.7. The minimum atomic E-state index is 0.662. The van der Waals surface area contributed by atoms with Crippen LogP contribution in [0.3, 0.4) is 0 Å². The molecule has 2 atom stereocenters. The SMILES string of the molecule is CCCCC1CCCCCCCC(CCC)C2=C1NCCO2. The molecule has 1 N–H and O–H groups in total. The van der Waals surface area contributed by atoms with Crippen LogP contribution >= 0.6 is 0 Å². The number of allylic oxidation sites excluding steroid dienone is 2. The fraction of sp³-hybridized carbons (Fsp3) is 0.900. The van der Waals surface area contributed by atoms with Gasteiger partial charge < -0.3 is 10.1 Å². The molecule has 0 aromatic rings. The number of nitrogens with one attached hydrogen (secondary N) is 1. The Kier molecular flexibility index (Phi) is 8.18. The number of rotatable bonds is 5. The van der Waals surface area contributed by atoms with Gasteiger partial charge >= 0.3 is 0 Å². The van der Waals surface area contributed by atoms with Gasteiger partial charge in [-0.15, -0.1) is 0 Å². The zero-order valence-corrected chi connectivity index (χ0v) is 15.0. The van der Waals surface area contributed by atoms with Crippen molar-refractivity contribution in [3.63, 3.8) is 0 Å². The second-order valence-corrected chi connectivity index (χ2v) is 7.22. The van der Waals surface area contributed by atoms with E-state index in [1.807, 2.05) is 0 Å². The smallest absolute Gasteiger partial charge is 0.118 e. The monoisotopic (exact) mass is 307 g/mol. The maximum absolute atomic E-state index is 6.25. The highest BCUT2D eigenvalue weighted by atomic mass is 16.5. The Hall–Kier alpha value is -0.660. The highest BCUT2D eigenvalue weighted by Crippen LogP contribution is 2.35. The van der Waals surface area contributed by atoms with E-state index in [0.717, 1.165) is 13.2 Å². The van der Waals surface area contributed by atoms with Crippen LogP contribution in [0.1, 0.15) is 90.9 Å². The van der Waals surface area contributed by atoms with Crippen LogP contribution in [0.2, 0.25) is 0 Å². The summed E-state index contributed by atoms with van der Waals surface area (Å²) in [7, 11) is 0. The van der Waals surface area contributed by atoms with E-state index < -0.39 is 0 Å². The van der Waals surface area contributed by atoms with Crippen molar-refractivity contribution >= 4 is 0 Å². The van der Waals surface area contributed by atoms with Crippen molar-refractivity contribution in [1.29, 1.82) is 0 Å². The van der Waals surface area contributed by atoms with Gasteiger partial charge in [0.2, 0.25) is 0 Å². The average Bonchev–Trinajstić information content (AvgIpc) is 2.58. The molecule has 128 valence electrons. The minimum absolute atomic E-state index is 0.662. The third kappa shape index (κ3) is 5.21. The Morgan fingerprint density at radius 3 is 2.36 bits per heavy atom. The predicted molar refractivity (Wildman–Crippen MR) is 94.7 cm³/mol. The zero-order chi connectivity index (χ0) is 15.6. The molecule has 0 radical (unpaired) electrons. The molecule has 0 aromatic carbocycles. The molecule has 0 spiro atoms. The van der Waals surface area contributed by atoms with Crippen molar-refractivity contribution < 1.29 is 4.74 Å². The summed E-state index contributed by atoms with van der Waals surface area (Å²) in [6.07, 6.45) is 16.3. The van der Waals surface area contributed by atoms with Gasteiger partial charge in [0, 0.05) is 18.4 Å². The summed E-state index contributed by atoms with van der Waals surface area (Å²) in [6.45, 7) is 6.49. The van der Waals surface area contributed by atoms with Gasteiger partial charge in [-0.1, -0.05) is 65.2 Å². The molecule has 0 saturated heterocycles. The van der Waals surface area contributed by atoms with Crippen LogP contribution in [0.5, 0.6) is 0 Å². The van der Waals surface area contributed by atoms with Gasteiger partial charge in [0.25, 0.3) is 0 Å². The van der Waals surface area contributed by atoms with Gasteiger partial charge in [0.15, 0.2) is 0 Å². The van der Waals surface area contributed by atoms with Crippen molar-refractivity contribution in [3.8, 4) is 0 Å². The van der Waals surface area contributed by atoms with Crippen LogP contribution < -0.4 is 5.32 Å². The highest BCUT2D eigenvalue weighted by Gasteiger charge is 2.27. The second-order valence-electron chi connectivity index (χ2n) is 7.22. The fourth-order valence-corrected chi connectivity index (χ4v) is 4.15. The topological polar surface area (TPSA) is 21.3 Å². The summed E-state index contributed by atoms with van der Waals surface area (Å²) in [6, 6.07) is 0. The van der Waals surface area contributed by atoms with Gasteiger partial charge in [-0.3, -0.25) is 0 Å². The largest absolute Gasteiger partial charge is 0.494 e. The van der Waals surface area contributed by atoms with Crippen molar-refractivity contribution in [2.75, 3.05) is 13.2 Å². The van der Waals surface area contributed by atoms with Crippen LogP contribution in [-0.2, 0) is 4.74 Å². The molecule has 2 aliphatic rings. The lowest BCUT2D eigenvalue weighted by atomic mass is 9.87. The van der Waals surface area contributed by atoms with E-state index in [4.69, 9.17) is 4.74 Å². The average molecular weight is 308 g/mol. The van der Waals surface area contributed by atoms with Crippen molar-refractivity contribution in [2.45, 2.75) is 90.9 Å². The summed E-state index contributed by atoms with van der Waals surface area (Å²) in [5.41, 5.74) is 1.50. The standard InChI is InChI=1S/C20H37NO/c1-3-5-12-17-13-9-7-6-8-10-14-18(11-4-2)20-19(17)21-15-16-22-20/h17-18,21H,3-16H2,1-2H3. The van der Waals surface area contributed by atoms with Gasteiger partial charge in [-0.05, 0) is 25.7 Å². The first-order chi connectivity index (χ1) is 10.9. The zero-order valence-electron chi connectivity index (χ0n) is 15.0. The lowest BCUT2D eigenvalue weighted by Gasteiger charge is -2.32. The molecule has 2 unspecified atom stereocenters. The summed E-state index contributed by atoms with van der Waals surface area (Å²) in [4.78, 5) is 0. The van der Waals surface area contributed by atoms with Gasteiger partial charge in [0.1, 0.15) is 12.4 Å². The maximum atomic E-state index is 6.25.